The van der Waals surface area contributed by atoms with Crippen molar-refractivity contribution in [3.63, 3.8) is 0 Å². The molecule has 0 spiro atoms. The van der Waals surface area contributed by atoms with Crippen molar-refractivity contribution >= 4 is 11.3 Å². The average molecular weight is 256 g/mol. The molecule has 0 bridgehead atoms. The van der Waals surface area contributed by atoms with Crippen molar-refractivity contribution < 1.29 is 4.74 Å². The molecule has 17 heavy (non-hydrogen) atoms. The Hall–Kier alpha value is -0.450. The molecule has 1 heterocycles. The van der Waals surface area contributed by atoms with Gasteiger partial charge in [0.1, 0.15) is 10.6 Å². The van der Waals surface area contributed by atoms with Crippen molar-refractivity contribution in [2.45, 2.75) is 51.6 Å². The van der Waals surface area contributed by atoms with Crippen LogP contribution in [0.2, 0.25) is 0 Å². The van der Waals surface area contributed by atoms with Crippen LogP contribution in [-0.4, -0.2) is 18.6 Å². The van der Waals surface area contributed by atoms with E-state index in [0.717, 1.165) is 30.0 Å². The molecular weight excluding hydrogens is 232 g/mol. The molecule has 0 saturated heterocycles. The summed E-state index contributed by atoms with van der Waals surface area (Å²) in [6.07, 6.45) is 2.94. The normalized spacial score (nSPS) is 13.9. The van der Waals surface area contributed by atoms with Gasteiger partial charge in [0.25, 0.3) is 0 Å². The van der Waals surface area contributed by atoms with E-state index in [4.69, 9.17) is 15.5 Å². The fraction of sp³-hybridized carbons (Fsp3) is 0.769. The number of methoxy groups -OCH3 is 1. The van der Waals surface area contributed by atoms with Crippen LogP contribution in [0.5, 0.6) is 0 Å². The van der Waals surface area contributed by atoms with Crippen molar-refractivity contribution in [1.29, 1.82) is 0 Å². The maximum Gasteiger partial charge on any atom is 0.125 e. The third-order valence-corrected chi connectivity index (χ3v) is 4.69. The second-order valence-corrected chi connectivity index (χ2v) is 5.18. The molecule has 0 aliphatic rings. The SMILES string of the molecule is CCC(CN)c1csc(C(CC)(CC)OC)n1. The zero-order valence-corrected chi connectivity index (χ0v) is 12.1. The summed E-state index contributed by atoms with van der Waals surface area (Å²) < 4.78 is 5.70. The van der Waals surface area contributed by atoms with Gasteiger partial charge in [-0.05, 0) is 19.3 Å². The summed E-state index contributed by atoms with van der Waals surface area (Å²) in [7, 11) is 1.77. The van der Waals surface area contributed by atoms with Crippen molar-refractivity contribution in [3.05, 3.63) is 16.1 Å². The third kappa shape index (κ3) is 2.87. The van der Waals surface area contributed by atoms with E-state index in [0.29, 0.717) is 12.5 Å². The minimum Gasteiger partial charge on any atom is -0.371 e. The molecule has 0 aromatic carbocycles. The highest BCUT2D eigenvalue weighted by atomic mass is 32.1. The largest absolute Gasteiger partial charge is 0.371 e. The molecule has 98 valence electrons. The lowest BCUT2D eigenvalue weighted by Gasteiger charge is -2.27. The van der Waals surface area contributed by atoms with E-state index in [-0.39, 0.29) is 5.60 Å². The van der Waals surface area contributed by atoms with Crippen LogP contribution in [0.1, 0.15) is 56.7 Å². The van der Waals surface area contributed by atoms with Gasteiger partial charge in [0.2, 0.25) is 0 Å². The average Bonchev–Trinajstić information content (AvgIpc) is 2.84. The van der Waals surface area contributed by atoms with Crippen molar-refractivity contribution in [2.75, 3.05) is 13.7 Å². The smallest absolute Gasteiger partial charge is 0.125 e. The highest BCUT2D eigenvalue weighted by Gasteiger charge is 2.31. The fourth-order valence-electron chi connectivity index (χ4n) is 2.11. The zero-order valence-electron chi connectivity index (χ0n) is 11.3. The Morgan fingerprint density at radius 2 is 2.06 bits per heavy atom. The Kier molecular flexibility index (Phi) is 5.56. The first-order chi connectivity index (χ1) is 8.17. The molecule has 0 radical (unpaired) electrons. The first-order valence-electron chi connectivity index (χ1n) is 6.38. The van der Waals surface area contributed by atoms with Gasteiger partial charge in [0.05, 0.1) is 5.69 Å². The van der Waals surface area contributed by atoms with Crippen LogP contribution in [-0.2, 0) is 10.3 Å². The lowest BCUT2D eigenvalue weighted by Crippen LogP contribution is -2.26. The van der Waals surface area contributed by atoms with Gasteiger partial charge in [0.15, 0.2) is 0 Å². The Bertz CT molecular complexity index is 322. The van der Waals surface area contributed by atoms with Crippen LogP contribution in [0.25, 0.3) is 0 Å². The molecule has 2 N–H and O–H groups in total. The van der Waals surface area contributed by atoms with Gasteiger partial charge in [-0.15, -0.1) is 11.3 Å². The molecule has 0 amide bonds. The molecule has 0 aliphatic heterocycles. The van der Waals surface area contributed by atoms with Crippen molar-refractivity contribution in [2.24, 2.45) is 5.73 Å². The number of aromatic nitrogens is 1. The van der Waals surface area contributed by atoms with Gasteiger partial charge in [0, 0.05) is 25.0 Å². The molecule has 0 aliphatic carbocycles. The standard InChI is InChI=1S/C13H24N2OS/c1-5-10(8-14)11-9-17-12(15-11)13(6-2,7-3)16-4/h9-10H,5-8,14H2,1-4H3. The summed E-state index contributed by atoms with van der Waals surface area (Å²) in [5.41, 5.74) is 6.68. The summed E-state index contributed by atoms with van der Waals surface area (Å²) in [6.45, 7) is 7.11. The topological polar surface area (TPSA) is 48.1 Å². The monoisotopic (exact) mass is 256 g/mol. The first kappa shape index (κ1) is 14.6. The van der Waals surface area contributed by atoms with E-state index in [1.54, 1.807) is 18.4 Å². The predicted molar refractivity (Wildman–Crippen MR) is 73.5 cm³/mol. The Balaban J connectivity index is 3.00. The van der Waals surface area contributed by atoms with E-state index in [2.05, 4.69) is 26.2 Å². The number of hydrogen-bond acceptors (Lipinski definition) is 4. The molecule has 0 saturated carbocycles. The Labute approximate surface area is 108 Å². The number of rotatable bonds is 7. The first-order valence-corrected chi connectivity index (χ1v) is 7.26. The van der Waals surface area contributed by atoms with Crippen LogP contribution in [0.15, 0.2) is 5.38 Å². The van der Waals surface area contributed by atoms with Gasteiger partial charge >= 0.3 is 0 Å². The van der Waals surface area contributed by atoms with E-state index in [9.17, 15) is 0 Å². The van der Waals surface area contributed by atoms with Gasteiger partial charge in [-0.2, -0.15) is 0 Å². The van der Waals surface area contributed by atoms with Crippen LogP contribution in [0.3, 0.4) is 0 Å². The highest BCUT2D eigenvalue weighted by molar-refractivity contribution is 7.09. The number of nitrogens with two attached hydrogens (primary N) is 1. The second-order valence-electron chi connectivity index (χ2n) is 4.32. The van der Waals surface area contributed by atoms with Crippen LogP contribution < -0.4 is 5.73 Å². The lowest BCUT2D eigenvalue weighted by molar-refractivity contribution is -0.0220. The number of thiazole rings is 1. The molecule has 1 aromatic rings. The highest BCUT2D eigenvalue weighted by Crippen LogP contribution is 2.35. The maximum atomic E-state index is 5.76. The molecule has 1 aromatic heterocycles. The zero-order chi connectivity index (χ0) is 12.9. The summed E-state index contributed by atoms with van der Waals surface area (Å²) in [6, 6.07) is 0. The van der Waals surface area contributed by atoms with E-state index in [1.807, 2.05) is 0 Å². The van der Waals surface area contributed by atoms with Gasteiger partial charge in [-0.1, -0.05) is 20.8 Å². The molecular formula is C13H24N2OS. The van der Waals surface area contributed by atoms with Gasteiger partial charge in [-0.25, -0.2) is 4.98 Å². The van der Waals surface area contributed by atoms with Crippen LogP contribution >= 0.6 is 11.3 Å². The van der Waals surface area contributed by atoms with E-state index in [1.165, 1.54) is 0 Å². The number of hydrogen-bond donors (Lipinski definition) is 1. The van der Waals surface area contributed by atoms with Crippen LogP contribution in [0, 0.1) is 0 Å². The van der Waals surface area contributed by atoms with E-state index < -0.39 is 0 Å². The molecule has 1 atom stereocenters. The molecule has 4 heteroatoms. The number of ether oxygens (including phenoxy) is 1. The summed E-state index contributed by atoms with van der Waals surface area (Å²) in [5.74, 6) is 0.378. The summed E-state index contributed by atoms with van der Waals surface area (Å²) >= 11 is 1.70. The van der Waals surface area contributed by atoms with Crippen molar-refractivity contribution in [3.8, 4) is 0 Å². The Morgan fingerprint density at radius 1 is 1.41 bits per heavy atom. The molecule has 0 fully saturated rings. The fourth-order valence-corrected chi connectivity index (χ4v) is 3.33. The molecule has 1 rings (SSSR count). The quantitative estimate of drug-likeness (QED) is 0.814. The minimum atomic E-state index is -0.212. The maximum absolute atomic E-state index is 5.76. The Morgan fingerprint density at radius 3 is 2.47 bits per heavy atom. The predicted octanol–water partition coefficient (Wildman–Crippen LogP) is 3.26. The third-order valence-electron chi connectivity index (χ3n) is 3.64. The van der Waals surface area contributed by atoms with Crippen LogP contribution in [0.4, 0.5) is 0 Å². The lowest BCUT2D eigenvalue weighted by atomic mass is 9.97. The second kappa shape index (κ2) is 6.47. The van der Waals surface area contributed by atoms with Gasteiger partial charge < -0.3 is 10.5 Å². The summed E-state index contributed by atoms with van der Waals surface area (Å²) in [5, 5.41) is 3.22. The minimum absolute atomic E-state index is 0.212. The van der Waals surface area contributed by atoms with Gasteiger partial charge in [-0.3, -0.25) is 0 Å². The van der Waals surface area contributed by atoms with Crippen molar-refractivity contribution in [1.82, 2.24) is 4.98 Å². The molecule has 3 nitrogen and oxygen atoms in total. The summed E-state index contributed by atoms with van der Waals surface area (Å²) in [4.78, 5) is 4.75. The van der Waals surface area contributed by atoms with E-state index >= 15 is 0 Å². The molecule has 1 unspecified atom stereocenters. The number of nitrogens with zero attached hydrogens (tertiary/aromatic N) is 1.